The molecule has 0 saturated carbocycles. The van der Waals surface area contributed by atoms with Gasteiger partial charge in [-0.05, 0) is 108 Å². The minimum Gasteiger partial charge on any atom is -0.497 e. The largest absolute Gasteiger partial charge is 0.497 e. The first-order valence-electron chi connectivity index (χ1n) is 49.5. The van der Waals surface area contributed by atoms with Gasteiger partial charge < -0.3 is 108 Å². The van der Waals surface area contributed by atoms with Crippen molar-refractivity contribution < 1.29 is 134 Å². The van der Waals surface area contributed by atoms with Gasteiger partial charge in [-0.15, -0.1) is 11.6 Å². The number of aliphatic hydroxyl groups is 3. The summed E-state index contributed by atoms with van der Waals surface area (Å²) in [6.45, 7) is 9.74. The highest BCUT2D eigenvalue weighted by Crippen LogP contribution is 2.45. The number of hydrogen-bond donors (Lipinski definition) is 7. The molecule has 6 aromatic rings. The van der Waals surface area contributed by atoms with Gasteiger partial charge in [-0.3, -0.25) is 47.9 Å². The molecule has 2 aliphatic rings. The van der Waals surface area contributed by atoms with Crippen LogP contribution in [0.25, 0.3) is 0 Å². The van der Waals surface area contributed by atoms with Crippen LogP contribution in [0.4, 0.5) is 0 Å². The van der Waals surface area contributed by atoms with Crippen molar-refractivity contribution >= 4 is 98.0 Å². The molecule has 0 aromatic heterocycles. The van der Waals surface area contributed by atoms with Gasteiger partial charge >= 0.3 is 35.8 Å². The van der Waals surface area contributed by atoms with E-state index in [0.29, 0.717) is 37.6 Å². The van der Waals surface area contributed by atoms with Crippen LogP contribution in [0.1, 0.15) is 269 Å². The fourth-order valence-corrected chi connectivity index (χ4v) is 17.2. The lowest BCUT2D eigenvalue weighted by Gasteiger charge is -2.44. The van der Waals surface area contributed by atoms with Gasteiger partial charge in [0.1, 0.15) is 71.0 Å². The first-order valence-corrected chi connectivity index (χ1v) is 49.8. The van der Waals surface area contributed by atoms with Crippen LogP contribution < -0.4 is 40.2 Å². The van der Waals surface area contributed by atoms with E-state index < -0.39 is 132 Å². The highest BCUT2D eigenvalue weighted by atomic mass is 35.5. The molecule has 2 heterocycles. The van der Waals surface area contributed by atoms with Crippen molar-refractivity contribution in [3.8, 4) is 23.0 Å². The first-order chi connectivity index (χ1) is 67.9. The molecule has 32 nitrogen and oxygen atoms in total. The van der Waals surface area contributed by atoms with E-state index in [2.05, 4.69) is 21.3 Å². The molecule has 0 unspecified atom stereocenters. The topological polar surface area (TPSA) is 418 Å². The maximum Gasteiger partial charge on any atom is 0.303 e. The number of halogens is 1. The quantitative estimate of drug-likeness (QED) is 0.00613. The number of esters is 6. The SMILES string of the molecule is CC(=O)N[C@H]1[C@H](OCCCCCCCCCCCCCCCC(=O)NC[C@H](O)CO)O[C@H](COC(C)=O)[C@H](OC(C)=O)[C@@H]1OC(C)=O.COc1ccc(C(Cl)(c2ccccc2)c2ccc(OC)cc2)cc1.COc1ccc(C(OC[C@@H](O)CNC(=O)CCCCCCCCCCCCCCCO[C@@H]2O[C@H](COC(C)=O)[C@H](OC(C)=O)[C@H](OC(C)=O)[C@H]2NC(C)=O)(c2ccccc2)c2ccc(OC)cc2)cc1.S.S. The Hall–Kier alpha value is -10.1. The number of methoxy groups -OCH3 is 4. The molecule has 0 aliphatic carbocycles. The van der Waals surface area contributed by atoms with Crippen LogP contribution in [0.15, 0.2) is 158 Å². The van der Waals surface area contributed by atoms with Crippen molar-refractivity contribution in [2.24, 2.45) is 0 Å². The molecule has 0 radical (unpaired) electrons. The number of aliphatic hydroxyl groups excluding tert-OH is 3. The molecule has 4 amide bonds. The summed E-state index contributed by atoms with van der Waals surface area (Å²) in [5.41, 5.74) is 4.52. The zero-order valence-corrected chi connectivity index (χ0v) is 88.1. The third-order valence-electron chi connectivity index (χ3n) is 23.9. The average molecular weight is 2060 g/mol. The molecule has 7 N–H and O–H groups in total. The summed E-state index contributed by atoms with van der Waals surface area (Å²) in [6, 6.07) is 49.1. The summed E-state index contributed by atoms with van der Waals surface area (Å²) in [5.74, 6) is -1.73. The second kappa shape index (κ2) is 70.6. The second-order valence-electron chi connectivity index (χ2n) is 35.3. The van der Waals surface area contributed by atoms with Crippen molar-refractivity contribution in [3.05, 3.63) is 191 Å². The Labute approximate surface area is 863 Å². The number of alkyl halides is 1. The normalized spacial score (nSPS) is 17.8. The van der Waals surface area contributed by atoms with Crippen LogP contribution in [-0.4, -0.2) is 229 Å². The summed E-state index contributed by atoms with van der Waals surface area (Å²) < 4.78 is 84.3. The average Bonchev–Trinajstić information content (AvgIpc) is 0.765. The lowest BCUT2D eigenvalue weighted by atomic mass is 9.80. The highest BCUT2D eigenvalue weighted by Gasteiger charge is 2.53. The van der Waals surface area contributed by atoms with Gasteiger partial charge in [-0.25, -0.2) is 0 Å². The summed E-state index contributed by atoms with van der Waals surface area (Å²) in [4.78, 5) is 119. The van der Waals surface area contributed by atoms with Crippen LogP contribution >= 0.6 is 38.6 Å². The number of unbranched alkanes of at least 4 members (excludes halogenated alkanes) is 24. The van der Waals surface area contributed by atoms with Gasteiger partial charge in [0.15, 0.2) is 37.0 Å². The number of hydrogen-bond acceptors (Lipinski definition) is 28. The molecule has 2 aliphatic heterocycles. The van der Waals surface area contributed by atoms with Gasteiger partial charge in [0, 0.05) is 94.5 Å². The predicted molar refractivity (Wildman–Crippen MR) is 552 cm³/mol. The molecular weight excluding hydrogens is 1900 g/mol. The third kappa shape index (κ3) is 46.0. The Morgan fingerprint density at radius 1 is 0.350 bits per heavy atom. The van der Waals surface area contributed by atoms with Crippen LogP contribution in [0, 0.1) is 0 Å². The zero-order valence-electron chi connectivity index (χ0n) is 85.3. The summed E-state index contributed by atoms with van der Waals surface area (Å²) in [7, 11) is 6.56. The molecule has 2 saturated heterocycles. The van der Waals surface area contributed by atoms with E-state index in [4.69, 9.17) is 87.8 Å². The monoisotopic (exact) mass is 2060 g/mol. The first kappa shape index (κ1) is 125. The number of nitrogens with one attached hydrogen (secondary N) is 4. The number of carbonyl (C=O) groups is 10. The van der Waals surface area contributed by atoms with Gasteiger partial charge in [-0.1, -0.05) is 250 Å². The van der Waals surface area contributed by atoms with Crippen molar-refractivity contribution in [1.82, 2.24) is 21.3 Å². The Bertz CT molecular complexity index is 4520. The van der Waals surface area contributed by atoms with Gasteiger partial charge in [0.2, 0.25) is 23.6 Å². The van der Waals surface area contributed by atoms with Crippen LogP contribution in [0.5, 0.6) is 23.0 Å². The molecular formula is C108H157ClN4O28S2. The molecule has 143 heavy (non-hydrogen) atoms. The number of ether oxygens (including phenoxy) is 15. The third-order valence-corrected chi connectivity index (χ3v) is 24.6. The molecule has 2 fully saturated rings. The van der Waals surface area contributed by atoms with Crippen LogP contribution in [0.3, 0.4) is 0 Å². The highest BCUT2D eigenvalue weighted by molar-refractivity contribution is 7.59. The number of rotatable bonds is 62. The number of carbonyl (C=O) groups excluding carboxylic acids is 10. The molecule has 6 aromatic carbocycles. The van der Waals surface area contributed by atoms with E-state index in [-0.39, 0.29) is 78.3 Å². The summed E-state index contributed by atoms with van der Waals surface area (Å²) >= 11 is 7.22. The van der Waals surface area contributed by atoms with Crippen molar-refractivity contribution in [2.45, 2.75) is 319 Å². The molecule has 35 heteroatoms. The number of amides is 4. The van der Waals surface area contributed by atoms with Gasteiger partial charge in [0.25, 0.3) is 0 Å². The number of benzene rings is 6. The Kier molecular flexibility index (Phi) is 61.8. The standard InChI is InChI=1S/C54H76N2O14.C33H58N2O12.C21H19ClO2.2H2S/c1-38(57)56-50-52(69-41(4)60)51(68-40(3)59)48(37-66-39(2)58)70-53(50)65-34-22-17-15-13-11-9-7-8-10-12-14-16-21-25-49(62)55-35-45(61)36-67-54(42-23-19-18-20-24-42,43-26-30-46(63-5)31-27-43)44-28-32-47(64-6)33-29-44;1-23(37)35-30-32(46-26(4)40)31(45-25(3)39)28(22-44-24(2)38)47-33(30)43-19-17-15-13-11-9-7-5-6-8-10-12-14-16-18-29(42)34-20-27(41)21-36;1-23-19-12-8-17(9-13-19)21(22,16-6-4-3-5-7-16)18-10-14-20(24-2)15-11-18;;/h18-20,23-24,26-33,45,48,50-53,61H,7-17,21-22,25,34-37H2,1-6H3,(H,55,62)(H,56,57);27-28,30-33,36,41H,5-22H2,1-4H3,(H,34,42)(H,35,37);3-15H,1-2H3;2*1H2/t45-,48+,50+,51-,52+,53+;27-,28+,30+,31-,32+,33+;;;/m00.../s1. The van der Waals surface area contributed by atoms with Gasteiger partial charge in [0.05, 0.1) is 53.9 Å². The smallest absolute Gasteiger partial charge is 0.303 e. The lowest BCUT2D eigenvalue weighted by molar-refractivity contribution is -0.277. The van der Waals surface area contributed by atoms with Gasteiger partial charge in [-0.2, -0.15) is 27.0 Å². The van der Waals surface area contributed by atoms with E-state index in [1.165, 1.54) is 100 Å². The van der Waals surface area contributed by atoms with E-state index in [1.54, 1.807) is 28.4 Å². The van der Waals surface area contributed by atoms with Crippen molar-refractivity contribution in [3.63, 3.8) is 0 Å². The fourth-order valence-electron chi connectivity index (χ4n) is 16.8. The second-order valence-corrected chi connectivity index (χ2v) is 35.8. The predicted octanol–water partition coefficient (Wildman–Crippen LogP) is 15.7. The Morgan fingerprint density at radius 2 is 0.615 bits per heavy atom. The maximum atomic E-state index is 12.8. The molecule has 8 rings (SSSR count). The van der Waals surface area contributed by atoms with E-state index in [9.17, 15) is 58.2 Å². The zero-order chi connectivity index (χ0) is 103. The van der Waals surface area contributed by atoms with Crippen molar-refractivity contribution in [1.29, 1.82) is 0 Å². The molecule has 0 spiro atoms. The van der Waals surface area contributed by atoms with Crippen LogP contribution in [-0.2, 0) is 111 Å². The van der Waals surface area contributed by atoms with Crippen LogP contribution in [0.2, 0.25) is 0 Å². The lowest BCUT2D eigenvalue weighted by Crippen LogP contribution is -2.66. The Morgan fingerprint density at radius 3 is 0.902 bits per heavy atom. The Balaban J connectivity index is 0.000000499. The van der Waals surface area contributed by atoms with E-state index in [1.807, 2.05) is 158 Å². The molecule has 12 atom stereocenters. The minimum absolute atomic E-state index is 0. The fraction of sp³-hybridized carbons (Fsp3) is 0.574. The molecule has 796 valence electrons. The summed E-state index contributed by atoms with van der Waals surface area (Å²) in [6.07, 6.45) is 17.9. The minimum atomic E-state index is -1.15. The van der Waals surface area contributed by atoms with Crippen molar-refractivity contribution in [2.75, 3.05) is 81.2 Å². The van der Waals surface area contributed by atoms with E-state index >= 15 is 0 Å². The van der Waals surface area contributed by atoms with E-state index in [0.717, 1.165) is 167 Å². The maximum absolute atomic E-state index is 12.8. The molecule has 0 bridgehead atoms. The summed E-state index contributed by atoms with van der Waals surface area (Å²) in [5, 5.41) is 40.0.